The average Bonchev–Trinajstić information content (AvgIpc) is 3.29. The number of hydrogen-bond donors (Lipinski definition) is 0. The van der Waals surface area contributed by atoms with Gasteiger partial charge < -0.3 is 4.74 Å². The second-order valence-corrected chi connectivity index (χ2v) is 9.75. The van der Waals surface area contributed by atoms with Crippen molar-refractivity contribution in [1.82, 2.24) is 0 Å². The maximum Gasteiger partial charge on any atom is 0.306 e. The van der Waals surface area contributed by atoms with Crippen molar-refractivity contribution in [2.45, 2.75) is 70.3 Å². The molecule has 0 aromatic heterocycles. The molecule has 3 saturated carbocycles. The Bertz CT molecular complexity index is 776. The van der Waals surface area contributed by atoms with Crippen molar-refractivity contribution < 1.29 is 14.3 Å². The molecule has 1 aliphatic heterocycles. The highest BCUT2D eigenvalue weighted by Crippen LogP contribution is 2.78. The van der Waals surface area contributed by atoms with Crippen LogP contribution in [0.5, 0.6) is 0 Å². The summed E-state index contributed by atoms with van der Waals surface area (Å²) >= 11 is 0. The number of rotatable bonds is 1. The van der Waals surface area contributed by atoms with E-state index in [9.17, 15) is 9.59 Å². The number of ketones is 1. The first kappa shape index (κ1) is 15.7. The van der Waals surface area contributed by atoms with Crippen LogP contribution in [0.15, 0.2) is 23.3 Å². The minimum atomic E-state index is -0.149. The van der Waals surface area contributed by atoms with Gasteiger partial charge in [-0.05, 0) is 67.8 Å². The third-order valence-corrected chi connectivity index (χ3v) is 9.23. The normalized spacial score (nSPS) is 51.0. The summed E-state index contributed by atoms with van der Waals surface area (Å²) in [5.74, 6) is 3.74. The summed E-state index contributed by atoms with van der Waals surface area (Å²) in [5, 5.41) is 0. The first-order valence-corrected chi connectivity index (χ1v) is 10.7. The van der Waals surface area contributed by atoms with Crippen molar-refractivity contribution in [3.8, 4) is 0 Å². The highest BCUT2D eigenvalue weighted by atomic mass is 16.6. The molecule has 3 nitrogen and oxygen atoms in total. The van der Waals surface area contributed by atoms with Crippen LogP contribution in [0.3, 0.4) is 0 Å². The highest BCUT2D eigenvalue weighted by Gasteiger charge is 2.79. The molecule has 0 aromatic rings. The van der Waals surface area contributed by atoms with Crippen molar-refractivity contribution in [2.24, 2.45) is 35.0 Å². The zero-order valence-corrected chi connectivity index (χ0v) is 15.6. The van der Waals surface area contributed by atoms with E-state index in [0.717, 1.165) is 31.6 Å². The Labute approximate surface area is 155 Å². The van der Waals surface area contributed by atoms with Gasteiger partial charge in [0.2, 0.25) is 0 Å². The molecule has 4 fully saturated rings. The quantitative estimate of drug-likeness (QED) is 0.658. The van der Waals surface area contributed by atoms with E-state index in [1.807, 2.05) is 0 Å². The molecule has 0 N–H and O–H groups in total. The fourth-order valence-corrected chi connectivity index (χ4v) is 8.34. The van der Waals surface area contributed by atoms with Crippen molar-refractivity contribution in [3.63, 3.8) is 0 Å². The lowest BCUT2D eigenvalue weighted by Gasteiger charge is -2.56. The monoisotopic (exact) mass is 352 g/mol. The molecule has 1 saturated heterocycles. The number of esters is 1. The van der Waals surface area contributed by atoms with Gasteiger partial charge in [-0.2, -0.15) is 0 Å². The van der Waals surface area contributed by atoms with Gasteiger partial charge >= 0.3 is 5.97 Å². The predicted molar refractivity (Wildman–Crippen MR) is 97.1 cm³/mol. The Morgan fingerprint density at radius 1 is 1.19 bits per heavy atom. The molecule has 5 aliphatic carbocycles. The van der Waals surface area contributed by atoms with Gasteiger partial charge in [0.25, 0.3) is 0 Å². The van der Waals surface area contributed by atoms with Crippen LogP contribution in [-0.2, 0) is 14.3 Å². The minimum Gasteiger partial charge on any atom is -0.458 e. The van der Waals surface area contributed by atoms with Crippen LogP contribution in [0.25, 0.3) is 0 Å². The van der Waals surface area contributed by atoms with E-state index in [0.29, 0.717) is 42.3 Å². The average molecular weight is 352 g/mol. The van der Waals surface area contributed by atoms with E-state index in [4.69, 9.17) is 4.74 Å². The number of carbonyl (C=O) groups excluding carboxylic acids is 2. The summed E-state index contributed by atoms with van der Waals surface area (Å²) in [4.78, 5) is 24.0. The second-order valence-electron chi connectivity index (χ2n) is 9.75. The van der Waals surface area contributed by atoms with Crippen molar-refractivity contribution in [2.75, 3.05) is 0 Å². The standard InChI is InChI=1S/C23H28O3/c1-2-22-9-7-16-15-6-4-14(24)11-13(15)3-5-17(16)21(22)18-12-19(18)23(22)10-8-20(25)26-23/h3,5,16-19,21H,2,4,6-12H2,1H3/t16?,17?,18-,19+,21?,22+,23+/m1/s1. The molecule has 6 rings (SSSR count). The van der Waals surface area contributed by atoms with Gasteiger partial charge in [-0.1, -0.05) is 24.6 Å². The van der Waals surface area contributed by atoms with Crippen molar-refractivity contribution in [1.29, 1.82) is 0 Å². The molecule has 1 spiro atoms. The first-order valence-electron chi connectivity index (χ1n) is 10.7. The van der Waals surface area contributed by atoms with Gasteiger partial charge in [-0.25, -0.2) is 0 Å². The number of ether oxygens (including phenoxy) is 1. The minimum absolute atomic E-state index is 0.0428. The zero-order valence-electron chi connectivity index (χ0n) is 15.6. The van der Waals surface area contributed by atoms with Crippen LogP contribution < -0.4 is 0 Å². The van der Waals surface area contributed by atoms with Crippen molar-refractivity contribution >= 4 is 11.8 Å². The highest BCUT2D eigenvalue weighted by molar-refractivity contribution is 5.83. The summed E-state index contributed by atoms with van der Waals surface area (Å²) in [6.07, 6.45) is 13.5. The SMILES string of the molecule is CC[C@]12CCC3C4=C(C=CC3C1[C@@H]1C[C@@H]1[C@@]21CCC(=O)O1)CC(=O)CC4. The predicted octanol–water partition coefficient (Wildman–Crippen LogP) is 4.37. The lowest BCUT2D eigenvalue weighted by molar-refractivity contribution is -0.173. The van der Waals surface area contributed by atoms with E-state index >= 15 is 0 Å². The van der Waals surface area contributed by atoms with Crippen LogP contribution in [0.2, 0.25) is 0 Å². The third-order valence-electron chi connectivity index (χ3n) is 9.23. The van der Waals surface area contributed by atoms with Gasteiger partial charge in [0.1, 0.15) is 11.4 Å². The van der Waals surface area contributed by atoms with Crippen LogP contribution in [0, 0.1) is 35.0 Å². The van der Waals surface area contributed by atoms with Gasteiger partial charge in [0.15, 0.2) is 0 Å². The number of hydrogen-bond acceptors (Lipinski definition) is 3. The van der Waals surface area contributed by atoms with Crippen LogP contribution in [-0.4, -0.2) is 17.4 Å². The molecule has 7 atom stereocenters. The molecule has 1 heterocycles. The fraction of sp³-hybridized carbons (Fsp3) is 0.739. The molecular weight excluding hydrogens is 324 g/mol. The largest absolute Gasteiger partial charge is 0.458 e. The Balaban J connectivity index is 1.41. The Hall–Kier alpha value is -1.38. The third kappa shape index (κ3) is 1.67. The van der Waals surface area contributed by atoms with Gasteiger partial charge in [0.05, 0.1) is 0 Å². The summed E-state index contributed by atoms with van der Waals surface area (Å²) in [5.41, 5.74) is 2.98. The number of allylic oxidation sites excluding steroid dienone is 4. The summed E-state index contributed by atoms with van der Waals surface area (Å²) in [6, 6.07) is 0. The first-order chi connectivity index (χ1) is 12.6. The molecule has 26 heavy (non-hydrogen) atoms. The zero-order chi connectivity index (χ0) is 17.7. The topological polar surface area (TPSA) is 43.4 Å². The van der Waals surface area contributed by atoms with Crippen molar-refractivity contribution in [3.05, 3.63) is 23.3 Å². The summed E-state index contributed by atoms with van der Waals surface area (Å²) in [6.45, 7) is 2.34. The number of fused-ring (bicyclic) bond motifs is 8. The molecule has 6 aliphatic rings. The van der Waals surface area contributed by atoms with E-state index in [1.165, 1.54) is 24.8 Å². The van der Waals surface area contributed by atoms with Gasteiger partial charge in [-0.3, -0.25) is 9.59 Å². The Morgan fingerprint density at radius 3 is 2.85 bits per heavy atom. The molecule has 3 unspecified atom stereocenters. The van der Waals surface area contributed by atoms with Crippen LogP contribution >= 0.6 is 0 Å². The molecule has 3 heteroatoms. The molecule has 0 amide bonds. The smallest absolute Gasteiger partial charge is 0.306 e. The van der Waals surface area contributed by atoms with Gasteiger partial charge in [-0.15, -0.1) is 0 Å². The lowest BCUT2D eigenvalue weighted by atomic mass is 9.50. The summed E-state index contributed by atoms with van der Waals surface area (Å²) in [7, 11) is 0. The molecule has 138 valence electrons. The summed E-state index contributed by atoms with van der Waals surface area (Å²) < 4.78 is 6.21. The Morgan fingerprint density at radius 2 is 2.08 bits per heavy atom. The molecule has 0 radical (unpaired) electrons. The van der Waals surface area contributed by atoms with Crippen LogP contribution in [0.1, 0.15) is 64.7 Å². The Kier molecular flexibility index (Phi) is 2.96. The lowest BCUT2D eigenvalue weighted by Crippen LogP contribution is -2.55. The number of Topliss-reactive ketones (excluding diaryl/α,β-unsaturated/α-hetero) is 1. The van der Waals surface area contributed by atoms with E-state index < -0.39 is 0 Å². The maximum absolute atomic E-state index is 12.1. The van der Waals surface area contributed by atoms with E-state index in [-0.39, 0.29) is 17.0 Å². The fourth-order valence-electron chi connectivity index (χ4n) is 8.34. The van der Waals surface area contributed by atoms with E-state index in [1.54, 1.807) is 5.57 Å². The maximum atomic E-state index is 12.1. The van der Waals surface area contributed by atoms with Gasteiger partial charge in [0, 0.05) is 30.6 Å². The second kappa shape index (κ2) is 4.91. The molecular formula is C23H28O3. The molecule has 0 aromatic carbocycles. The number of carbonyl (C=O) groups is 2. The van der Waals surface area contributed by atoms with Crippen LogP contribution in [0.4, 0.5) is 0 Å². The molecule has 0 bridgehead atoms. The van der Waals surface area contributed by atoms with E-state index in [2.05, 4.69) is 19.1 Å².